The number of aldehydes is 1. The standard InChI is InChI=1S/C33H37N5O8/c1-4-20-21-7-5-6-8-25(21)37-28-23(20)14-38-26(28)13-22-24(31(38)42)15-45-33(44)29(22)46-32(43)27(34)17(2)19(10-12-39)9-11-35-30(41)18(3)36-16-40/h5-8,12-13,16-19,27,29H,4,9-11,14-15,34H2,1-3H3,(H,35,41)(H,36,40)/t17?,18-,19?,27-,29-/m0/s1. The van der Waals surface area contributed by atoms with Gasteiger partial charge in [0.2, 0.25) is 18.4 Å². The summed E-state index contributed by atoms with van der Waals surface area (Å²) < 4.78 is 12.5. The van der Waals surface area contributed by atoms with Gasteiger partial charge in [0.15, 0.2) is 0 Å². The predicted octanol–water partition coefficient (Wildman–Crippen LogP) is 1.44. The van der Waals surface area contributed by atoms with Crippen molar-refractivity contribution in [2.45, 2.75) is 71.4 Å². The molecular formula is C33H37N5O8. The Labute approximate surface area is 264 Å². The highest BCUT2D eigenvalue weighted by molar-refractivity contribution is 5.89. The van der Waals surface area contributed by atoms with Crippen LogP contribution in [0.2, 0.25) is 0 Å². The molecule has 3 aromatic rings. The molecule has 0 saturated heterocycles. The van der Waals surface area contributed by atoms with Crippen molar-refractivity contribution in [3.63, 3.8) is 0 Å². The van der Waals surface area contributed by atoms with E-state index in [1.807, 2.05) is 24.3 Å². The molecule has 46 heavy (non-hydrogen) atoms. The van der Waals surface area contributed by atoms with Gasteiger partial charge in [0, 0.05) is 29.5 Å². The van der Waals surface area contributed by atoms with Crippen LogP contribution >= 0.6 is 0 Å². The summed E-state index contributed by atoms with van der Waals surface area (Å²) in [5.74, 6) is -3.11. The first-order valence-electron chi connectivity index (χ1n) is 15.3. The third kappa shape index (κ3) is 6.02. The van der Waals surface area contributed by atoms with Crippen LogP contribution in [0.3, 0.4) is 0 Å². The Kier molecular flexibility index (Phi) is 9.61. The number of nitrogens with two attached hydrogens (primary N) is 1. The van der Waals surface area contributed by atoms with E-state index in [1.54, 1.807) is 17.6 Å². The molecule has 2 aromatic heterocycles. The molecule has 4 heterocycles. The van der Waals surface area contributed by atoms with E-state index >= 15 is 0 Å². The second kappa shape index (κ2) is 13.6. The highest BCUT2D eigenvalue weighted by atomic mass is 16.6. The average molecular weight is 632 g/mol. The van der Waals surface area contributed by atoms with Crippen LogP contribution in [0, 0.1) is 11.8 Å². The van der Waals surface area contributed by atoms with Crippen LogP contribution in [0.1, 0.15) is 62.0 Å². The summed E-state index contributed by atoms with van der Waals surface area (Å²) in [6.07, 6.45) is 0.741. The molecule has 0 aliphatic carbocycles. The summed E-state index contributed by atoms with van der Waals surface area (Å²) in [4.78, 5) is 79.1. The molecular weight excluding hydrogens is 594 g/mol. The van der Waals surface area contributed by atoms with Crippen LogP contribution in [-0.4, -0.2) is 58.7 Å². The number of pyridine rings is 2. The number of amides is 2. The zero-order valence-electron chi connectivity index (χ0n) is 25.9. The lowest BCUT2D eigenvalue weighted by atomic mass is 9.83. The summed E-state index contributed by atoms with van der Waals surface area (Å²) >= 11 is 0. The molecule has 242 valence electrons. The van der Waals surface area contributed by atoms with E-state index in [0.29, 0.717) is 37.0 Å². The van der Waals surface area contributed by atoms with Gasteiger partial charge < -0.3 is 35.2 Å². The molecule has 5 rings (SSSR count). The molecule has 2 unspecified atom stereocenters. The molecule has 5 atom stereocenters. The van der Waals surface area contributed by atoms with Crippen molar-refractivity contribution >= 4 is 41.4 Å². The smallest absolute Gasteiger partial charge is 0.352 e. The molecule has 4 N–H and O–H groups in total. The Morgan fingerprint density at radius 2 is 1.96 bits per heavy atom. The van der Waals surface area contributed by atoms with Gasteiger partial charge in [-0.3, -0.25) is 19.2 Å². The Morgan fingerprint density at radius 1 is 1.20 bits per heavy atom. The number of aromatic nitrogens is 2. The minimum Gasteiger partial charge on any atom is -0.458 e. The van der Waals surface area contributed by atoms with Gasteiger partial charge >= 0.3 is 11.9 Å². The number of benzene rings is 1. The first-order chi connectivity index (χ1) is 22.1. The normalized spacial score (nSPS) is 17.4. The van der Waals surface area contributed by atoms with Crippen molar-refractivity contribution in [2.75, 3.05) is 6.54 Å². The molecule has 2 aliphatic rings. The number of carbonyl (C=O) groups excluding carboxylic acids is 5. The lowest BCUT2D eigenvalue weighted by Crippen LogP contribution is -2.45. The fourth-order valence-corrected chi connectivity index (χ4v) is 6.29. The van der Waals surface area contributed by atoms with Crippen molar-refractivity contribution < 1.29 is 33.4 Å². The van der Waals surface area contributed by atoms with Gasteiger partial charge in [0.1, 0.15) is 25.0 Å². The van der Waals surface area contributed by atoms with Crippen molar-refractivity contribution in [1.82, 2.24) is 20.2 Å². The monoisotopic (exact) mass is 631 g/mol. The van der Waals surface area contributed by atoms with Crippen molar-refractivity contribution in [1.29, 1.82) is 0 Å². The maximum absolute atomic E-state index is 13.7. The Morgan fingerprint density at radius 3 is 2.67 bits per heavy atom. The highest BCUT2D eigenvalue weighted by Gasteiger charge is 2.40. The number of ether oxygens (including phenoxy) is 2. The molecule has 0 fully saturated rings. The van der Waals surface area contributed by atoms with Crippen LogP contribution < -0.4 is 21.9 Å². The Hall–Kier alpha value is -4.91. The zero-order chi connectivity index (χ0) is 33.1. The van der Waals surface area contributed by atoms with E-state index < -0.39 is 47.9 Å². The number of fused-ring (bicyclic) bond motifs is 5. The van der Waals surface area contributed by atoms with Gasteiger partial charge in [-0.15, -0.1) is 0 Å². The van der Waals surface area contributed by atoms with Gasteiger partial charge in [-0.25, -0.2) is 9.78 Å². The SMILES string of the molecule is CCc1c2c(nc3ccccc13)-c1cc3c(c(=O)n1C2)COC(=O)[C@H]3OC(=O)[C@@H](N)C(C)C(CC=O)CCNC(=O)[C@H](C)NC=O. The minimum atomic E-state index is -1.51. The van der Waals surface area contributed by atoms with Crippen LogP contribution in [-0.2, 0) is 53.0 Å². The fourth-order valence-electron chi connectivity index (χ4n) is 6.29. The number of rotatable bonds is 13. The van der Waals surface area contributed by atoms with Crippen LogP contribution in [0.15, 0.2) is 35.1 Å². The fraction of sp³-hybridized carbons (Fsp3) is 0.424. The Bertz CT molecular complexity index is 1770. The highest BCUT2D eigenvalue weighted by Crippen LogP contribution is 2.38. The van der Waals surface area contributed by atoms with E-state index in [4.69, 9.17) is 20.2 Å². The molecule has 2 amide bonds. The minimum absolute atomic E-state index is 0.0677. The molecule has 0 radical (unpaired) electrons. The Balaban J connectivity index is 1.38. The van der Waals surface area contributed by atoms with E-state index in [2.05, 4.69) is 17.6 Å². The van der Waals surface area contributed by atoms with Crippen molar-refractivity contribution in [3.8, 4) is 11.4 Å². The van der Waals surface area contributed by atoms with Gasteiger partial charge in [0.05, 0.1) is 29.0 Å². The number of esters is 2. The number of cyclic esters (lactones) is 1. The number of carbonyl (C=O) groups is 5. The first kappa shape index (κ1) is 32.5. The van der Waals surface area contributed by atoms with Gasteiger partial charge in [-0.1, -0.05) is 32.0 Å². The van der Waals surface area contributed by atoms with Crippen LogP contribution in [0.4, 0.5) is 0 Å². The average Bonchev–Trinajstić information content (AvgIpc) is 3.42. The molecule has 0 bridgehead atoms. The molecule has 0 spiro atoms. The first-order valence-corrected chi connectivity index (χ1v) is 15.3. The largest absolute Gasteiger partial charge is 0.458 e. The van der Waals surface area contributed by atoms with Gasteiger partial charge in [-0.2, -0.15) is 0 Å². The lowest BCUT2D eigenvalue weighted by Gasteiger charge is -2.29. The van der Waals surface area contributed by atoms with E-state index in [0.717, 1.165) is 28.5 Å². The second-order valence-electron chi connectivity index (χ2n) is 11.7. The summed E-state index contributed by atoms with van der Waals surface area (Å²) in [5.41, 5.74) is 10.4. The topological polar surface area (TPSA) is 189 Å². The number of nitrogens with zero attached hydrogens (tertiary/aromatic N) is 2. The predicted molar refractivity (Wildman–Crippen MR) is 166 cm³/mol. The van der Waals surface area contributed by atoms with E-state index in [1.165, 1.54) is 6.92 Å². The lowest BCUT2D eigenvalue weighted by molar-refractivity contribution is -0.173. The number of nitrogens with one attached hydrogen (secondary N) is 2. The molecule has 1 aromatic carbocycles. The maximum atomic E-state index is 13.7. The molecule has 2 aliphatic heterocycles. The number of hydrogen-bond donors (Lipinski definition) is 3. The number of para-hydroxylation sites is 1. The van der Waals surface area contributed by atoms with Crippen LogP contribution in [0.25, 0.3) is 22.3 Å². The zero-order valence-corrected chi connectivity index (χ0v) is 25.9. The number of hydrogen-bond acceptors (Lipinski definition) is 10. The van der Waals surface area contributed by atoms with Crippen molar-refractivity contribution in [3.05, 3.63) is 62.9 Å². The van der Waals surface area contributed by atoms with E-state index in [9.17, 15) is 28.8 Å². The maximum Gasteiger partial charge on any atom is 0.352 e. The summed E-state index contributed by atoms with van der Waals surface area (Å²) in [5, 5.41) is 6.05. The third-order valence-electron chi connectivity index (χ3n) is 9.05. The summed E-state index contributed by atoms with van der Waals surface area (Å²) in [6, 6.07) is 7.48. The quantitative estimate of drug-likeness (QED) is 0.144. The van der Waals surface area contributed by atoms with Crippen molar-refractivity contribution in [2.24, 2.45) is 17.6 Å². The van der Waals surface area contributed by atoms with E-state index in [-0.39, 0.29) is 36.3 Å². The van der Waals surface area contributed by atoms with Gasteiger partial charge in [-0.05, 0) is 49.3 Å². The molecule has 13 heteroatoms. The number of aryl methyl sites for hydroxylation is 1. The third-order valence-corrected chi connectivity index (χ3v) is 9.05. The molecule has 13 nitrogen and oxygen atoms in total. The summed E-state index contributed by atoms with van der Waals surface area (Å²) in [7, 11) is 0. The van der Waals surface area contributed by atoms with Gasteiger partial charge in [0.25, 0.3) is 5.56 Å². The summed E-state index contributed by atoms with van der Waals surface area (Å²) in [6.45, 7) is 5.50. The molecule has 0 saturated carbocycles. The second-order valence-corrected chi connectivity index (χ2v) is 11.7. The van der Waals surface area contributed by atoms with Crippen LogP contribution in [0.5, 0.6) is 0 Å².